The molecular weight excluding hydrogens is 390 g/mol. The van der Waals surface area contributed by atoms with Crippen LogP contribution in [0.2, 0.25) is 0 Å². The van der Waals surface area contributed by atoms with Gasteiger partial charge in [-0.25, -0.2) is 8.42 Å². The van der Waals surface area contributed by atoms with Gasteiger partial charge in [0.15, 0.2) is 9.84 Å². The summed E-state index contributed by atoms with van der Waals surface area (Å²) in [5, 5.41) is 4.59. The van der Waals surface area contributed by atoms with Gasteiger partial charge in [0.1, 0.15) is 5.75 Å². The lowest BCUT2D eigenvalue weighted by Crippen LogP contribution is -2.36. The molecule has 1 N–H and O–H groups in total. The van der Waals surface area contributed by atoms with E-state index in [9.17, 15) is 13.2 Å². The van der Waals surface area contributed by atoms with Crippen molar-refractivity contribution in [1.82, 2.24) is 5.32 Å². The van der Waals surface area contributed by atoms with Crippen LogP contribution in [-0.4, -0.2) is 25.3 Å². The van der Waals surface area contributed by atoms with E-state index in [4.69, 9.17) is 0 Å². The summed E-state index contributed by atoms with van der Waals surface area (Å²) in [6, 6.07) is 11.9. The molecular formula is C22H29NO3S2. The van der Waals surface area contributed by atoms with E-state index >= 15 is 0 Å². The van der Waals surface area contributed by atoms with E-state index in [0.29, 0.717) is 18.8 Å². The lowest BCUT2D eigenvalue weighted by atomic mass is 9.95. The van der Waals surface area contributed by atoms with Crippen LogP contribution in [0.5, 0.6) is 0 Å². The van der Waals surface area contributed by atoms with Gasteiger partial charge in [0.2, 0.25) is 5.91 Å². The van der Waals surface area contributed by atoms with E-state index in [0.717, 1.165) is 29.7 Å². The number of nitrogens with one attached hydrogen (secondary N) is 1. The number of benzene rings is 1. The Hall–Kier alpha value is -1.66. The first kappa shape index (κ1) is 21.1. The van der Waals surface area contributed by atoms with Crippen molar-refractivity contribution in [3.8, 4) is 0 Å². The second-order valence-electron chi connectivity index (χ2n) is 7.71. The Bertz CT molecular complexity index is 867. The Morgan fingerprint density at radius 2 is 1.79 bits per heavy atom. The van der Waals surface area contributed by atoms with Gasteiger partial charge in [-0.2, -0.15) is 0 Å². The highest BCUT2D eigenvalue weighted by Crippen LogP contribution is 2.29. The summed E-state index contributed by atoms with van der Waals surface area (Å²) < 4.78 is 25.1. The first-order valence-electron chi connectivity index (χ1n) is 10.0. The molecule has 1 aliphatic rings. The van der Waals surface area contributed by atoms with Crippen molar-refractivity contribution in [2.75, 3.05) is 5.75 Å². The van der Waals surface area contributed by atoms with Gasteiger partial charge in [-0.3, -0.25) is 4.79 Å². The lowest BCUT2D eigenvalue weighted by molar-refractivity contribution is -0.119. The highest BCUT2D eigenvalue weighted by Gasteiger charge is 2.31. The highest BCUT2D eigenvalue weighted by atomic mass is 32.2. The molecule has 2 unspecified atom stereocenters. The number of thiophene rings is 1. The molecule has 0 saturated heterocycles. The molecule has 1 heterocycles. The van der Waals surface area contributed by atoms with Crippen LogP contribution in [0.4, 0.5) is 0 Å². The molecule has 1 saturated carbocycles. The third-order valence-corrected chi connectivity index (χ3v) is 8.82. The fourth-order valence-electron chi connectivity index (χ4n) is 3.78. The van der Waals surface area contributed by atoms with E-state index in [2.05, 4.69) is 31.3 Å². The van der Waals surface area contributed by atoms with Gasteiger partial charge >= 0.3 is 0 Å². The zero-order valence-corrected chi connectivity index (χ0v) is 18.2. The van der Waals surface area contributed by atoms with Crippen LogP contribution in [0.1, 0.15) is 73.9 Å². The summed E-state index contributed by atoms with van der Waals surface area (Å²) in [5.41, 5.74) is 2.24. The van der Waals surface area contributed by atoms with Crippen molar-refractivity contribution < 1.29 is 13.2 Å². The maximum absolute atomic E-state index is 12.6. The van der Waals surface area contributed by atoms with Crippen LogP contribution >= 0.6 is 11.3 Å². The minimum atomic E-state index is -3.39. The normalized spacial score (nSPS) is 17.4. The largest absolute Gasteiger partial charge is 0.343 e. The van der Waals surface area contributed by atoms with Gasteiger partial charge < -0.3 is 5.32 Å². The Labute approximate surface area is 172 Å². The van der Waals surface area contributed by atoms with Gasteiger partial charge in [0, 0.05) is 4.88 Å². The maximum atomic E-state index is 12.6. The third kappa shape index (κ3) is 5.03. The van der Waals surface area contributed by atoms with E-state index in [-0.39, 0.29) is 11.3 Å². The molecule has 0 bridgehead atoms. The van der Waals surface area contributed by atoms with Crippen molar-refractivity contribution in [3.05, 3.63) is 57.8 Å². The number of rotatable bonds is 8. The predicted molar refractivity (Wildman–Crippen MR) is 115 cm³/mol. The Balaban J connectivity index is 1.76. The molecule has 2 aromatic rings. The first-order valence-corrected chi connectivity index (χ1v) is 12.6. The third-order valence-electron chi connectivity index (χ3n) is 5.73. The molecule has 1 fully saturated rings. The molecule has 4 nitrogen and oxygen atoms in total. The van der Waals surface area contributed by atoms with Gasteiger partial charge in [-0.15, -0.1) is 11.3 Å². The number of hydrogen-bond donors (Lipinski definition) is 1. The Morgan fingerprint density at radius 1 is 1.14 bits per heavy atom. The van der Waals surface area contributed by atoms with Gasteiger partial charge in [-0.1, -0.05) is 57.0 Å². The average molecular weight is 420 g/mol. The fourth-order valence-corrected chi connectivity index (χ4v) is 6.32. The minimum absolute atomic E-state index is 0.322. The molecule has 1 amide bonds. The molecule has 1 aromatic heterocycles. The van der Waals surface area contributed by atoms with Crippen molar-refractivity contribution in [2.45, 2.75) is 63.2 Å². The lowest BCUT2D eigenvalue weighted by Gasteiger charge is -2.20. The summed E-state index contributed by atoms with van der Waals surface area (Å²) in [7, 11) is -3.39. The number of amides is 1. The van der Waals surface area contributed by atoms with Crippen LogP contribution in [0.25, 0.3) is 0 Å². The summed E-state index contributed by atoms with van der Waals surface area (Å²) in [5.74, 6) is -0.360. The van der Waals surface area contributed by atoms with Crippen LogP contribution in [-0.2, 0) is 14.6 Å². The van der Waals surface area contributed by atoms with E-state index in [1.807, 2.05) is 29.6 Å². The molecule has 6 heteroatoms. The Morgan fingerprint density at radius 3 is 2.36 bits per heavy atom. The van der Waals surface area contributed by atoms with Crippen molar-refractivity contribution in [3.63, 3.8) is 0 Å². The second-order valence-corrected chi connectivity index (χ2v) is 11.0. The summed E-state index contributed by atoms with van der Waals surface area (Å²) >= 11 is 1.56. The Kier molecular flexibility index (Phi) is 6.94. The van der Waals surface area contributed by atoms with Crippen LogP contribution < -0.4 is 5.32 Å². The molecule has 2 atom stereocenters. The van der Waals surface area contributed by atoms with E-state index in [1.54, 1.807) is 11.3 Å². The maximum Gasteiger partial charge on any atom is 0.235 e. The number of sulfone groups is 1. The number of carbonyl (C=O) groups excluding carboxylic acids is 1. The fraction of sp³-hybridized carbons (Fsp3) is 0.500. The molecule has 28 heavy (non-hydrogen) atoms. The van der Waals surface area contributed by atoms with E-state index in [1.165, 1.54) is 5.56 Å². The topological polar surface area (TPSA) is 63.2 Å². The highest BCUT2D eigenvalue weighted by molar-refractivity contribution is 7.92. The molecule has 0 aliphatic heterocycles. The number of carbonyl (C=O) groups is 1. The van der Waals surface area contributed by atoms with Crippen molar-refractivity contribution in [1.29, 1.82) is 0 Å². The molecule has 1 aliphatic carbocycles. The molecule has 0 spiro atoms. The van der Waals surface area contributed by atoms with Gasteiger partial charge in [0.25, 0.3) is 0 Å². The average Bonchev–Trinajstić information content (AvgIpc) is 3.39. The van der Waals surface area contributed by atoms with E-state index < -0.39 is 21.5 Å². The summed E-state index contributed by atoms with van der Waals surface area (Å²) in [4.78, 5) is 13.6. The van der Waals surface area contributed by atoms with Crippen molar-refractivity contribution >= 4 is 27.1 Å². The summed E-state index contributed by atoms with van der Waals surface area (Å²) in [6.45, 7) is 4.36. The number of hydrogen-bond acceptors (Lipinski definition) is 4. The smallest absolute Gasteiger partial charge is 0.235 e. The quantitative estimate of drug-likeness (QED) is 0.667. The standard InChI is InChI=1S/C22H29NO3S2/c1-3-16(2)17-10-12-18(13-11-17)22(20-9-6-14-27-20)23-21(24)15-28(25,26)19-7-4-5-8-19/h6,9-14,16,19,22H,3-5,7-8,15H2,1-2H3,(H,23,24). The van der Waals surface area contributed by atoms with Crippen molar-refractivity contribution in [2.24, 2.45) is 0 Å². The van der Waals surface area contributed by atoms with Crippen LogP contribution in [0, 0.1) is 0 Å². The van der Waals surface area contributed by atoms with Crippen LogP contribution in [0.3, 0.4) is 0 Å². The zero-order valence-electron chi connectivity index (χ0n) is 16.6. The minimum Gasteiger partial charge on any atom is -0.343 e. The molecule has 0 radical (unpaired) electrons. The molecule has 1 aromatic carbocycles. The van der Waals surface area contributed by atoms with Gasteiger partial charge in [0.05, 0.1) is 11.3 Å². The second kappa shape index (κ2) is 9.23. The predicted octanol–water partition coefficient (Wildman–Crippen LogP) is 4.82. The zero-order chi connectivity index (χ0) is 20.1. The van der Waals surface area contributed by atoms with Crippen LogP contribution in [0.15, 0.2) is 41.8 Å². The van der Waals surface area contributed by atoms with Gasteiger partial charge in [-0.05, 0) is 47.8 Å². The first-order chi connectivity index (χ1) is 13.4. The summed E-state index contributed by atoms with van der Waals surface area (Å²) in [6.07, 6.45) is 4.31. The SMILES string of the molecule is CCC(C)c1ccc(C(NC(=O)CS(=O)(=O)C2CCCC2)c2cccs2)cc1. The monoisotopic (exact) mass is 419 g/mol. The molecule has 3 rings (SSSR count). The molecule has 152 valence electrons.